The number of nitrogens with one attached hydrogen (secondary N) is 1. The van der Waals surface area contributed by atoms with Gasteiger partial charge in [0, 0.05) is 51.0 Å². The Morgan fingerprint density at radius 2 is 1.74 bits per heavy atom. The predicted molar refractivity (Wildman–Crippen MR) is 130 cm³/mol. The van der Waals surface area contributed by atoms with Gasteiger partial charge < -0.3 is 19.4 Å². The van der Waals surface area contributed by atoms with Crippen molar-refractivity contribution in [2.75, 3.05) is 51.8 Å². The van der Waals surface area contributed by atoms with E-state index in [0.29, 0.717) is 17.9 Å². The van der Waals surface area contributed by atoms with Gasteiger partial charge in [-0.1, -0.05) is 18.2 Å². The molecule has 2 aromatic rings. The van der Waals surface area contributed by atoms with Crippen molar-refractivity contribution < 1.29 is 18.7 Å². The van der Waals surface area contributed by atoms with Crippen LogP contribution in [-0.4, -0.2) is 91.6 Å². The van der Waals surface area contributed by atoms with Gasteiger partial charge in [0.25, 0.3) is 5.91 Å². The van der Waals surface area contributed by atoms with Crippen molar-refractivity contribution in [3.63, 3.8) is 0 Å². The molecule has 3 aliphatic heterocycles. The first-order valence-corrected chi connectivity index (χ1v) is 11.7. The fourth-order valence-electron chi connectivity index (χ4n) is 4.87. The Labute approximate surface area is 203 Å². The second kappa shape index (κ2) is 9.53. The van der Waals surface area contributed by atoms with Gasteiger partial charge in [0.15, 0.2) is 12.2 Å². The minimum Gasteiger partial charge on any atom is -0.497 e. The first-order valence-electron chi connectivity index (χ1n) is 11.7. The number of nitrogens with zero attached hydrogens (tertiary/aromatic N) is 5. The number of amides is 3. The van der Waals surface area contributed by atoms with Gasteiger partial charge in [-0.2, -0.15) is 0 Å². The molecule has 0 saturated carbocycles. The summed E-state index contributed by atoms with van der Waals surface area (Å²) in [4.78, 5) is 37.7. The molecule has 0 aromatic heterocycles. The number of rotatable bonds is 6. The Hall–Kier alpha value is -3.66. The van der Waals surface area contributed by atoms with Crippen LogP contribution in [0.15, 0.2) is 53.5 Å². The van der Waals surface area contributed by atoms with Gasteiger partial charge in [-0.3, -0.25) is 15.0 Å². The Morgan fingerprint density at radius 3 is 2.43 bits per heavy atom. The van der Waals surface area contributed by atoms with E-state index in [1.807, 2.05) is 17.0 Å². The Kier molecular flexibility index (Phi) is 6.29. The fourth-order valence-corrected chi connectivity index (χ4v) is 4.87. The molecule has 2 atom stereocenters. The number of amidine groups is 1. The van der Waals surface area contributed by atoms with Gasteiger partial charge in [-0.05, 0) is 30.3 Å². The summed E-state index contributed by atoms with van der Waals surface area (Å²) in [5.74, 6) is 0.787. The van der Waals surface area contributed by atoms with Crippen molar-refractivity contribution >= 4 is 23.5 Å². The molecule has 0 spiro atoms. The molecule has 5 rings (SSSR count). The molecule has 3 heterocycles. The molecule has 1 N–H and O–H groups in total. The van der Waals surface area contributed by atoms with E-state index in [9.17, 15) is 14.0 Å². The van der Waals surface area contributed by atoms with E-state index in [2.05, 4.69) is 27.2 Å². The summed E-state index contributed by atoms with van der Waals surface area (Å²) in [6.07, 6.45) is -0.626. The smallest absolute Gasteiger partial charge is 0.325 e. The van der Waals surface area contributed by atoms with Crippen molar-refractivity contribution in [2.24, 2.45) is 4.99 Å². The van der Waals surface area contributed by atoms with Gasteiger partial charge in [0.05, 0.1) is 13.7 Å². The van der Waals surface area contributed by atoms with Crippen LogP contribution in [0.2, 0.25) is 0 Å². The van der Waals surface area contributed by atoms with Crippen LogP contribution in [0.4, 0.5) is 14.9 Å². The third kappa shape index (κ3) is 4.53. The number of hydrogen-bond acceptors (Lipinski definition) is 7. The Bertz CT molecular complexity index is 1130. The number of anilines is 1. The van der Waals surface area contributed by atoms with E-state index in [0.717, 1.165) is 37.6 Å². The van der Waals surface area contributed by atoms with Gasteiger partial charge in [0.2, 0.25) is 0 Å². The highest BCUT2D eigenvalue weighted by Gasteiger charge is 2.48. The van der Waals surface area contributed by atoms with Crippen molar-refractivity contribution in [1.82, 2.24) is 20.0 Å². The lowest BCUT2D eigenvalue weighted by Crippen LogP contribution is -2.63. The number of imide groups is 1. The molecule has 2 aromatic carbocycles. The Balaban J connectivity index is 1.31. The van der Waals surface area contributed by atoms with Crippen molar-refractivity contribution in [1.29, 1.82) is 0 Å². The lowest BCUT2D eigenvalue weighted by molar-refractivity contribution is -0.127. The zero-order valence-corrected chi connectivity index (χ0v) is 19.9. The van der Waals surface area contributed by atoms with Gasteiger partial charge in [-0.25, -0.2) is 14.2 Å². The van der Waals surface area contributed by atoms with Crippen LogP contribution in [0, 0.1) is 5.82 Å². The van der Waals surface area contributed by atoms with E-state index in [4.69, 9.17) is 9.73 Å². The number of hydrogen-bond donors (Lipinski definition) is 1. The van der Waals surface area contributed by atoms with Gasteiger partial charge >= 0.3 is 6.03 Å². The summed E-state index contributed by atoms with van der Waals surface area (Å²) < 4.78 is 19.7. The number of carbonyl (C=O) groups excluding carboxylic acids is 2. The average Bonchev–Trinajstić information content (AvgIpc) is 3.23. The Morgan fingerprint density at radius 1 is 1.03 bits per heavy atom. The van der Waals surface area contributed by atoms with E-state index < -0.39 is 24.1 Å². The SMILES string of the molecule is COc1ccc(N2CCN(CC3=NC4C(C(=O)NC(=O)N4C)N3Cc3ccccc3F)CC2)cc1. The zero-order valence-electron chi connectivity index (χ0n) is 19.9. The van der Waals surface area contributed by atoms with Gasteiger partial charge in [-0.15, -0.1) is 0 Å². The van der Waals surface area contributed by atoms with Crippen LogP contribution in [-0.2, 0) is 11.3 Å². The predicted octanol–water partition coefficient (Wildman–Crippen LogP) is 1.75. The number of methoxy groups -OCH3 is 1. The lowest BCUT2D eigenvalue weighted by Gasteiger charge is -2.38. The second-order valence-electron chi connectivity index (χ2n) is 8.99. The summed E-state index contributed by atoms with van der Waals surface area (Å²) in [6.45, 7) is 4.04. The van der Waals surface area contributed by atoms with Crippen LogP contribution in [0.1, 0.15) is 5.56 Å². The number of ether oxygens (including phenoxy) is 1. The first-order chi connectivity index (χ1) is 16.9. The van der Waals surface area contributed by atoms with E-state index in [1.165, 1.54) is 11.0 Å². The molecular formula is C25H29FN6O3. The molecule has 3 amide bonds. The maximum atomic E-state index is 14.5. The van der Waals surface area contributed by atoms with E-state index >= 15 is 0 Å². The normalized spacial score (nSPS) is 22.7. The van der Waals surface area contributed by atoms with Crippen molar-refractivity contribution in [3.8, 4) is 5.75 Å². The maximum absolute atomic E-state index is 14.5. The second-order valence-corrected chi connectivity index (χ2v) is 8.99. The molecule has 2 fully saturated rings. The third-order valence-electron chi connectivity index (χ3n) is 6.92. The van der Waals surface area contributed by atoms with Crippen LogP contribution in [0.3, 0.4) is 0 Å². The monoisotopic (exact) mass is 480 g/mol. The topological polar surface area (TPSA) is 80.7 Å². The number of piperazine rings is 1. The minimum atomic E-state index is -0.687. The quantitative estimate of drug-likeness (QED) is 0.679. The average molecular weight is 481 g/mol. The molecule has 2 saturated heterocycles. The highest BCUT2D eigenvalue weighted by atomic mass is 19.1. The fraction of sp³-hybridized carbons (Fsp3) is 0.400. The van der Waals surface area contributed by atoms with Crippen LogP contribution >= 0.6 is 0 Å². The number of benzene rings is 2. The minimum absolute atomic E-state index is 0.202. The third-order valence-corrected chi connectivity index (χ3v) is 6.92. The summed E-state index contributed by atoms with van der Waals surface area (Å²) in [5.41, 5.74) is 1.63. The molecule has 0 aliphatic carbocycles. The summed E-state index contributed by atoms with van der Waals surface area (Å²) >= 11 is 0. The number of fused-ring (bicyclic) bond motifs is 1. The highest BCUT2D eigenvalue weighted by Crippen LogP contribution is 2.27. The molecule has 3 aliphatic rings. The molecule has 10 heteroatoms. The number of carbonyl (C=O) groups is 2. The molecule has 0 bridgehead atoms. The standard InChI is InChI=1S/C25H29FN6O3/c1-29-23-22(24(33)28-25(29)34)32(15-17-5-3-4-6-20(17)26)21(27-23)16-30-11-13-31(14-12-30)18-7-9-19(35-2)10-8-18/h3-10,22-23H,11-16H2,1-2H3,(H,28,33,34). The summed E-state index contributed by atoms with van der Waals surface area (Å²) in [7, 11) is 3.28. The summed E-state index contributed by atoms with van der Waals surface area (Å²) in [5, 5.41) is 2.40. The molecular weight excluding hydrogens is 451 g/mol. The number of aliphatic imine (C=N–C) groups is 1. The molecule has 184 valence electrons. The number of likely N-dealkylation sites (N-methyl/N-ethyl adjacent to an activating group) is 1. The van der Waals surface area contributed by atoms with E-state index in [-0.39, 0.29) is 12.4 Å². The lowest BCUT2D eigenvalue weighted by atomic mass is 10.1. The van der Waals surface area contributed by atoms with E-state index in [1.54, 1.807) is 32.4 Å². The van der Waals surface area contributed by atoms with Gasteiger partial charge in [0.1, 0.15) is 17.4 Å². The highest BCUT2D eigenvalue weighted by molar-refractivity contribution is 6.04. The van der Waals surface area contributed by atoms with Crippen LogP contribution < -0.4 is 15.0 Å². The molecule has 0 radical (unpaired) electrons. The van der Waals surface area contributed by atoms with Crippen LogP contribution in [0.5, 0.6) is 5.75 Å². The van der Waals surface area contributed by atoms with Crippen molar-refractivity contribution in [2.45, 2.75) is 18.8 Å². The number of halogens is 1. The maximum Gasteiger partial charge on any atom is 0.325 e. The first kappa shape index (κ1) is 23.1. The van der Waals surface area contributed by atoms with Crippen LogP contribution in [0.25, 0.3) is 0 Å². The summed E-state index contributed by atoms with van der Waals surface area (Å²) in [6, 6.07) is 13.4. The largest absolute Gasteiger partial charge is 0.497 e. The molecule has 2 unspecified atom stereocenters. The molecule has 9 nitrogen and oxygen atoms in total. The number of urea groups is 1. The zero-order chi connectivity index (χ0) is 24.5. The van der Waals surface area contributed by atoms with Crippen molar-refractivity contribution in [3.05, 3.63) is 59.9 Å². The molecule has 35 heavy (non-hydrogen) atoms.